The summed E-state index contributed by atoms with van der Waals surface area (Å²) in [6.45, 7) is 8.58. The predicted molar refractivity (Wildman–Crippen MR) is 97.8 cm³/mol. The molecule has 0 aliphatic carbocycles. The zero-order valence-electron chi connectivity index (χ0n) is 14.1. The standard InChI is InChI=1S/C17H21ClN4OS/c1-12-11-23-9-8-22(12)14-10-13(20-16(18)21-14)17(2,3)24-15-6-4-5-7-19-15/h4-7,10,12H,8-9,11H2,1-3H3/t12-/m0/s1. The van der Waals surface area contributed by atoms with Crippen LogP contribution in [0.2, 0.25) is 5.28 Å². The van der Waals surface area contributed by atoms with Crippen molar-refractivity contribution < 1.29 is 4.74 Å². The third-order valence-electron chi connectivity index (χ3n) is 3.96. The molecule has 0 amide bonds. The van der Waals surface area contributed by atoms with Gasteiger partial charge in [0, 0.05) is 18.8 Å². The molecule has 7 heteroatoms. The van der Waals surface area contributed by atoms with Gasteiger partial charge in [-0.2, -0.15) is 0 Å². The maximum atomic E-state index is 6.22. The zero-order chi connectivity index (χ0) is 17.2. The molecule has 0 spiro atoms. The van der Waals surface area contributed by atoms with Crippen molar-refractivity contribution in [2.24, 2.45) is 0 Å². The third-order valence-corrected chi connectivity index (χ3v) is 5.30. The molecular weight excluding hydrogens is 344 g/mol. The van der Waals surface area contributed by atoms with Crippen LogP contribution in [0.5, 0.6) is 0 Å². The van der Waals surface area contributed by atoms with E-state index in [9.17, 15) is 0 Å². The highest BCUT2D eigenvalue weighted by Gasteiger charge is 2.28. The molecule has 2 aromatic heterocycles. The van der Waals surface area contributed by atoms with Crippen molar-refractivity contribution in [3.63, 3.8) is 0 Å². The van der Waals surface area contributed by atoms with Gasteiger partial charge in [0.1, 0.15) is 5.82 Å². The van der Waals surface area contributed by atoms with Crippen molar-refractivity contribution >= 4 is 29.2 Å². The monoisotopic (exact) mass is 364 g/mol. The Morgan fingerprint density at radius 3 is 2.88 bits per heavy atom. The Bertz CT molecular complexity index is 698. The highest BCUT2D eigenvalue weighted by atomic mass is 35.5. The van der Waals surface area contributed by atoms with Crippen LogP contribution in [0.3, 0.4) is 0 Å². The van der Waals surface area contributed by atoms with Gasteiger partial charge in [-0.3, -0.25) is 0 Å². The Hall–Kier alpha value is -1.37. The summed E-state index contributed by atoms with van der Waals surface area (Å²) in [6.07, 6.45) is 1.80. The lowest BCUT2D eigenvalue weighted by Gasteiger charge is -2.35. The Morgan fingerprint density at radius 2 is 2.17 bits per heavy atom. The first-order valence-electron chi connectivity index (χ1n) is 7.95. The van der Waals surface area contributed by atoms with E-state index in [2.05, 4.69) is 40.6 Å². The number of halogens is 1. The van der Waals surface area contributed by atoms with E-state index in [1.165, 1.54) is 0 Å². The Kier molecular flexibility index (Phi) is 5.27. The molecule has 3 heterocycles. The number of hydrogen-bond acceptors (Lipinski definition) is 6. The van der Waals surface area contributed by atoms with Gasteiger partial charge in [-0.25, -0.2) is 15.0 Å². The highest BCUT2D eigenvalue weighted by Crippen LogP contribution is 2.40. The van der Waals surface area contributed by atoms with Crippen LogP contribution >= 0.6 is 23.4 Å². The number of pyridine rings is 1. The van der Waals surface area contributed by atoms with Crippen molar-refractivity contribution in [2.75, 3.05) is 24.7 Å². The predicted octanol–water partition coefficient (Wildman–Crippen LogP) is 3.78. The van der Waals surface area contributed by atoms with Crippen molar-refractivity contribution in [3.8, 4) is 0 Å². The summed E-state index contributed by atoms with van der Waals surface area (Å²) in [5, 5.41) is 1.23. The van der Waals surface area contributed by atoms with Gasteiger partial charge in [-0.1, -0.05) is 17.8 Å². The second kappa shape index (κ2) is 7.25. The summed E-state index contributed by atoms with van der Waals surface area (Å²) in [6, 6.07) is 8.20. The molecule has 0 saturated carbocycles. The topological polar surface area (TPSA) is 51.1 Å². The van der Waals surface area contributed by atoms with Crippen LogP contribution in [0, 0.1) is 0 Å². The fraction of sp³-hybridized carbons (Fsp3) is 0.471. The van der Waals surface area contributed by atoms with Gasteiger partial charge >= 0.3 is 0 Å². The van der Waals surface area contributed by atoms with Crippen LogP contribution in [-0.4, -0.2) is 40.8 Å². The van der Waals surface area contributed by atoms with Gasteiger partial charge in [0.05, 0.1) is 34.7 Å². The summed E-state index contributed by atoms with van der Waals surface area (Å²) >= 11 is 7.88. The summed E-state index contributed by atoms with van der Waals surface area (Å²) in [5.74, 6) is 0.857. The minimum Gasteiger partial charge on any atom is -0.377 e. The zero-order valence-corrected chi connectivity index (χ0v) is 15.6. The van der Waals surface area contributed by atoms with E-state index >= 15 is 0 Å². The molecule has 0 aromatic carbocycles. The largest absolute Gasteiger partial charge is 0.377 e. The lowest BCUT2D eigenvalue weighted by atomic mass is 10.1. The lowest BCUT2D eigenvalue weighted by Crippen LogP contribution is -2.44. The second-order valence-corrected chi connectivity index (χ2v) is 8.26. The van der Waals surface area contributed by atoms with Crippen LogP contribution < -0.4 is 4.90 Å². The number of aromatic nitrogens is 3. The van der Waals surface area contributed by atoms with Crippen LogP contribution in [0.25, 0.3) is 0 Å². The van der Waals surface area contributed by atoms with E-state index in [-0.39, 0.29) is 16.1 Å². The number of rotatable bonds is 4. The number of thioether (sulfide) groups is 1. The number of ether oxygens (including phenoxy) is 1. The van der Waals surface area contributed by atoms with Gasteiger partial charge in [0.25, 0.3) is 0 Å². The van der Waals surface area contributed by atoms with Gasteiger partial charge in [0.2, 0.25) is 5.28 Å². The molecular formula is C17H21ClN4OS. The molecule has 128 valence electrons. The van der Waals surface area contributed by atoms with Crippen molar-refractivity contribution in [3.05, 3.63) is 41.4 Å². The van der Waals surface area contributed by atoms with E-state index in [4.69, 9.17) is 16.3 Å². The van der Waals surface area contributed by atoms with E-state index in [1.807, 2.05) is 24.3 Å². The number of hydrogen-bond donors (Lipinski definition) is 0. The van der Waals surface area contributed by atoms with Crippen LogP contribution in [0.1, 0.15) is 26.5 Å². The molecule has 24 heavy (non-hydrogen) atoms. The average Bonchev–Trinajstić information content (AvgIpc) is 2.55. The minimum absolute atomic E-state index is 0.268. The van der Waals surface area contributed by atoms with Gasteiger partial charge in [0.15, 0.2) is 0 Å². The molecule has 0 bridgehead atoms. The molecule has 1 fully saturated rings. The van der Waals surface area contributed by atoms with Gasteiger partial charge < -0.3 is 9.64 Å². The molecule has 0 unspecified atom stereocenters. The average molecular weight is 365 g/mol. The fourth-order valence-corrected chi connectivity index (χ4v) is 3.82. The minimum atomic E-state index is -0.273. The molecule has 1 atom stereocenters. The molecule has 5 nitrogen and oxygen atoms in total. The van der Waals surface area contributed by atoms with E-state index in [0.717, 1.165) is 23.1 Å². The Morgan fingerprint density at radius 1 is 1.33 bits per heavy atom. The molecule has 1 saturated heterocycles. The Labute approximate surface area is 151 Å². The first-order chi connectivity index (χ1) is 11.5. The second-order valence-electron chi connectivity index (χ2n) is 6.28. The van der Waals surface area contributed by atoms with Crippen molar-refractivity contribution in [1.29, 1.82) is 0 Å². The van der Waals surface area contributed by atoms with Crippen LogP contribution in [-0.2, 0) is 9.48 Å². The van der Waals surface area contributed by atoms with Crippen molar-refractivity contribution in [2.45, 2.75) is 36.6 Å². The molecule has 3 rings (SSSR count). The number of anilines is 1. The molecule has 1 aliphatic heterocycles. The maximum absolute atomic E-state index is 6.22. The van der Waals surface area contributed by atoms with E-state index < -0.39 is 0 Å². The maximum Gasteiger partial charge on any atom is 0.224 e. The number of nitrogens with zero attached hydrogens (tertiary/aromatic N) is 4. The SMILES string of the molecule is C[C@H]1COCCN1c1cc(C(C)(C)Sc2ccccn2)nc(Cl)n1. The molecule has 2 aromatic rings. The van der Waals surface area contributed by atoms with Crippen LogP contribution in [0.4, 0.5) is 5.82 Å². The molecule has 1 aliphatic rings. The summed E-state index contributed by atoms with van der Waals surface area (Å²) in [5.41, 5.74) is 0.895. The normalized spacial score (nSPS) is 18.7. The molecule has 0 N–H and O–H groups in total. The summed E-state index contributed by atoms with van der Waals surface area (Å²) in [7, 11) is 0. The highest BCUT2D eigenvalue weighted by molar-refractivity contribution is 8.00. The lowest BCUT2D eigenvalue weighted by molar-refractivity contribution is 0.0985. The smallest absolute Gasteiger partial charge is 0.224 e. The van der Waals surface area contributed by atoms with E-state index in [1.54, 1.807) is 18.0 Å². The first-order valence-corrected chi connectivity index (χ1v) is 9.14. The van der Waals surface area contributed by atoms with Crippen LogP contribution in [0.15, 0.2) is 35.5 Å². The van der Waals surface area contributed by atoms with E-state index in [0.29, 0.717) is 13.2 Å². The van der Waals surface area contributed by atoms with Gasteiger partial charge in [-0.05, 0) is 44.5 Å². The molecule has 0 radical (unpaired) electrons. The quantitative estimate of drug-likeness (QED) is 0.608. The number of morpholine rings is 1. The first kappa shape index (κ1) is 17.5. The third kappa shape index (κ3) is 3.99. The fourth-order valence-electron chi connectivity index (χ4n) is 2.65. The summed E-state index contributed by atoms with van der Waals surface area (Å²) < 4.78 is 5.24. The Balaban J connectivity index is 1.90. The van der Waals surface area contributed by atoms with Crippen molar-refractivity contribution in [1.82, 2.24) is 15.0 Å². The van der Waals surface area contributed by atoms with Gasteiger partial charge in [-0.15, -0.1) is 0 Å². The summed E-state index contributed by atoms with van der Waals surface area (Å²) in [4.78, 5) is 15.5.